The Labute approximate surface area is 107 Å². The van der Waals surface area contributed by atoms with E-state index in [0.717, 1.165) is 6.07 Å². The van der Waals surface area contributed by atoms with Crippen LogP contribution in [0.1, 0.15) is 12.5 Å². The first kappa shape index (κ1) is 12.7. The van der Waals surface area contributed by atoms with Crippen molar-refractivity contribution in [2.75, 3.05) is 0 Å². The minimum atomic E-state index is -1.06. The maximum Gasteiger partial charge on any atom is 0.227 e. The van der Waals surface area contributed by atoms with E-state index in [9.17, 15) is 8.78 Å². The Morgan fingerprint density at radius 2 is 2.06 bits per heavy atom. The first-order valence-corrected chi connectivity index (χ1v) is 5.62. The highest BCUT2D eigenvalue weighted by molar-refractivity contribution is 6.30. The van der Waals surface area contributed by atoms with Crippen molar-refractivity contribution in [1.82, 2.24) is 9.97 Å². The fourth-order valence-corrected chi connectivity index (χ4v) is 1.69. The van der Waals surface area contributed by atoms with E-state index in [1.54, 1.807) is 0 Å². The highest BCUT2D eigenvalue weighted by Crippen LogP contribution is 2.29. The van der Waals surface area contributed by atoms with Gasteiger partial charge in [0.15, 0.2) is 11.6 Å². The van der Waals surface area contributed by atoms with Gasteiger partial charge in [-0.15, -0.1) is 0 Å². The Morgan fingerprint density at radius 1 is 1.28 bits per heavy atom. The third-order valence-corrected chi connectivity index (χ3v) is 2.66. The molecule has 94 valence electrons. The molecule has 0 fully saturated rings. The molecule has 0 radical (unpaired) electrons. The third kappa shape index (κ3) is 2.41. The van der Waals surface area contributed by atoms with Crippen molar-refractivity contribution in [3.63, 3.8) is 0 Å². The number of hydrogen-bond donors (Lipinski definition) is 0. The van der Waals surface area contributed by atoms with Crippen LogP contribution in [0.25, 0.3) is 0 Å². The number of benzene rings is 1. The molecule has 2 rings (SSSR count). The second-order valence-corrected chi connectivity index (χ2v) is 3.81. The molecule has 3 nitrogen and oxygen atoms in total. The Bertz CT molecular complexity index is 578. The summed E-state index contributed by atoms with van der Waals surface area (Å²) in [5.41, 5.74) is 0.544. The second kappa shape index (κ2) is 5.27. The number of halogens is 3. The Hall–Kier alpha value is -1.75. The lowest BCUT2D eigenvalue weighted by atomic mass is 10.2. The maximum absolute atomic E-state index is 13.4. The number of rotatable bonds is 3. The van der Waals surface area contributed by atoms with E-state index < -0.39 is 11.6 Å². The lowest BCUT2D eigenvalue weighted by Crippen LogP contribution is -1.98. The fraction of sp³-hybridized carbons (Fsp3) is 0.167. The molecule has 1 aromatic carbocycles. The van der Waals surface area contributed by atoms with Crippen molar-refractivity contribution >= 4 is 11.6 Å². The van der Waals surface area contributed by atoms with Crippen molar-refractivity contribution in [2.24, 2.45) is 0 Å². The van der Waals surface area contributed by atoms with Crippen LogP contribution in [0.2, 0.25) is 5.15 Å². The van der Waals surface area contributed by atoms with E-state index in [1.807, 2.05) is 6.92 Å². The average Bonchev–Trinajstić information content (AvgIpc) is 2.35. The van der Waals surface area contributed by atoms with E-state index in [1.165, 1.54) is 18.5 Å². The standard InChI is InChI=1S/C12H9ClF2N2O/c1-2-7-11(13)16-6-17-12(7)18-9-5-3-4-8(14)10(9)15/h3-6H,2H2,1H3. The molecule has 2 aromatic rings. The van der Waals surface area contributed by atoms with Crippen molar-refractivity contribution < 1.29 is 13.5 Å². The summed E-state index contributed by atoms with van der Waals surface area (Å²) in [4.78, 5) is 7.67. The van der Waals surface area contributed by atoms with Crippen LogP contribution in [0.4, 0.5) is 8.78 Å². The summed E-state index contributed by atoms with van der Waals surface area (Å²) in [7, 11) is 0. The maximum atomic E-state index is 13.4. The van der Waals surface area contributed by atoms with Crippen LogP contribution >= 0.6 is 11.6 Å². The van der Waals surface area contributed by atoms with E-state index in [2.05, 4.69) is 9.97 Å². The molecule has 18 heavy (non-hydrogen) atoms. The van der Waals surface area contributed by atoms with E-state index in [0.29, 0.717) is 12.0 Å². The number of ether oxygens (including phenoxy) is 1. The zero-order chi connectivity index (χ0) is 13.1. The summed E-state index contributed by atoms with van der Waals surface area (Å²) in [6.07, 6.45) is 1.72. The Kier molecular flexibility index (Phi) is 3.72. The molecule has 0 unspecified atom stereocenters. The zero-order valence-corrected chi connectivity index (χ0v) is 10.2. The highest BCUT2D eigenvalue weighted by Gasteiger charge is 2.14. The fourth-order valence-electron chi connectivity index (χ4n) is 1.43. The summed E-state index contributed by atoms with van der Waals surface area (Å²) in [6.45, 7) is 1.83. The molecule has 0 spiro atoms. The summed E-state index contributed by atoms with van der Waals surface area (Å²) < 4.78 is 31.7. The molecular weight excluding hydrogens is 262 g/mol. The van der Waals surface area contributed by atoms with Crippen LogP contribution in [-0.2, 0) is 6.42 Å². The third-order valence-electron chi connectivity index (χ3n) is 2.33. The Balaban J connectivity index is 2.40. The first-order chi connectivity index (χ1) is 8.63. The summed E-state index contributed by atoms with van der Waals surface area (Å²) in [6, 6.07) is 3.67. The minimum Gasteiger partial charge on any atom is -0.435 e. The molecule has 0 aliphatic carbocycles. The van der Waals surface area contributed by atoms with Gasteiger partial charge in [0.2, 0.25) is 11.7 Å². The van der Waals surface area contributed by atoms with Crippen LogP contribution in [0.5, 0.6) is 11.6 Å². The van der Waals surface area contributed by atoms with E-state index in [-0.39, 0.29) is 16.8 Å². The lowest BCUT2D eigenvalue weighted by molar-refractivity contribution is 0.401. The van der Waals surface area contributed by atoms with E-state index >= 15 is 0 Å². The molecule has 0 amide bonds. The van der Waals surface area contributed by atoms with Crippen molar-refractivity contribution in [3.05, 3.63) is 46.9 Å². The lowest BCUT2D eigenvalue weighted by Gasteiger charge is -2.10. The number of nitrogens with zero attached hydrogens (tertiary/aromatic N) is 2. The molecule has 1 heterocycles. The van der Waals surface area contributed by atoms with Crippen LogP contribution in [-0.4, -0.2) is 9.97 Å². The SMILES string of the molecule is CCc1c(Cl)ncnc1Oc1cccc(F)c1F. The number of aromatic nitrogens is 2. The minimum absolute atomic E-state index is 0.127. The van der Waals surface area contributed by atoms with Crippen LogP contribution < -0.4 is 4.74 Å². The summed E-state index contributed by atoms with van der Waals surface area (Å²) in [5.74, 6) is -2.15. The molecule has 0 bridgehead atoms. The average molecular weight is 271 g/mol. The molecule has 0 aliphatic rings. The quantitative estimate of drug-likeness (QED) is 0.797. The predicted molar refractivity (Wildman–Crippen MR) is 62.9 cm³/mol. The van der Waals surface area contributed by atoms with Gasteiger partial charge in [-0.2, -0.15) is 4.39 Å². The monoisotopic (exact) mass is 270 g/mol. The molecule has 0 aliphatic heterocycles. The van der Waals surface area contributed by atoms with E-state index in [4.69, 9.17) is 16.3 Å². The molecular formula is C12H9ClF2N2O. The second-order valence-electron chi connectivity index (χ2n) is 3.46. The number of hydrogen-bond acceptors (Lipinski definition) is 3. The van der Waals surface area contributed by atoms with Crippen molar-refractivity contribution in [3.8, 4) is 11.6 Å². The van der Waals surface area contributed by atoms with Gasteiger partial charge in [-0.3, -0.25) is 0 Å². The van der Waals surface area contributed by atoms with Crippen molar-refractivity contribution in [2.45, 2.75) is 13.3 Å². The zero-order valence-electron chi connectivity index (χ0n) is 9.45. The van der Waals surface area contributed by atoms with Gasteiger partial charge in [0.25, 0.3) is 0 Å². The van der Waals surface area contributed by atoms with Gasteiger partial charge in [-0.1, -0.05) is 24.6 Å². The largest absolute Gasteiger partial charge is 0.435 e. The normalized spacial score (nSPS) is 10.4. The van der Waals surface area contributed by atoms with Crippen LogP contribution in [0.3, 0.4) is 0 Å². The van der Waals surface area contributed by atoms with Gasteiger partial charge < -0.3 is 4.74 Å². The van der Waals surface area contributed by atoms with Gasteiger partial charge >= 0.3 is 0 Å². The van der Waals surface area contributed by atoms with Gasteiger partial charge in [-0.25, -0.2) is 14.4 Å². The molecule has 0 atom stereocenters. The molecule has 0 saturated carbocycles. The summed E-state index contributed by atoms with van der Waals surface area (Å²) in [5, 5.41) is 0.235. The van der Waals surface area contributed by atoms with Gasteiger partial charge in [0.1, 0.15) is 11.5 Å². The Morgan fingerprint density at radius 3 is 2.78 bits per heavy atom. The van der Waals surface area contributed by atoms with Crippen LogP contribution in [0.15, 0.2) is 24.5 Å². The molecule has 0 saturated heterocycles. The predicted octanol–water partition coefficient (Wildman–Crippen LogP) is 3.76. The molecule has 1 aromatic heterocycles. The molecule has 6 heteroatoms. The van der Waals surface area contributed by atoms with Gasteiger partial charge in [0, 0.05) is 0 Å². The van der Waals surface area contributed by atoms with Gasteiger partial charge in [0.05, 0.1) is 5.56 Å². The first-order valence-electron chi connectivity index (χ1n) is 5.24. The van der Waals surface area contributed by atoms with Gasteiger partial charge in [-0.05, 0) is 18.6 Å². The molecule has 0 N–H and O–H groups in total. The topological polar surface area (TPSA) is 35.0 Å². The highest BCUT2D eigenvalue weighted by atomic mass is 35.5. The van der Waals surface area contributed by atoms with Crippen LogP contribution in [0, 0.1) is 11.6 Å². The summed E-state index contributed by atoms with van der Waals surface area (Å²) >= 11 is 5.87. The van der Waals surface area contributed by atoms with Crippen molar-refractivity contribution in [1.29, 1.82) is 0 Å². The smallest absolute Gasteiger partial charge is 0.227 e.